The van der Waals surface area contributed by atoms with Crippen molar-refractivity contribution >= 4 is 33.3 Å². The third-order valence-electron chi connectivity index (χ3n) is 4.13. The van der Waals surface area contributed by atoms with Gasteiger partial charge in [-0.05, 0) is 49.2 Å². The van der Waals surface area contributed by atoms with Crippen LogP contribution in [-0.2, 0) is 19.6 Å². The summed E-state index contributed by atoms with van der Waals surface area (Å²) in [5.41, 5.74) is 0.905. The largest absolute Gasteiger partial charge is 0.468 e. The zero-order valence-corrected chi connectivity index (χ0v) is 16.7. The molecule has 2 N–H and O–H groups in total. The molecule has 2 aromatic rings. The van der Waals surface area contributed by atoms with Crippen LogP contribution >= 0.6 is 0 Å². The molecular formula is C18H19N3O7S. The van der Waals surface area contributed by atoms with E-state index in [1.807, 2.05) is 0 Å². The fourth-order valence-electron chi connectivity index (χ4n) is 2.42. The Morgan fingerprint density at radius 3 is 2.31 bits per heavy atom. The summed E-state index contributed by atoms with van der Waals surface area (Å²) in [5.74, 6) is -1.14. The number of methoxy groups -OCH3 is 1. The van der Waals surface area contributed by atoms with Crippen molar-refractivity contribution in [3.8, 4) is 0 Å². The molecule has 0 aliphatic rings. The van der Waals surface area contributed by atoms with E-state index in [0.29, 0.717) is 11.1 Å². The summed E-state index contributed by atoms with van der Waals surface area (Å²) in [4.78, 5) is 33.2. The van der Waals surface area contributed by atoms with E-state index >= 15 is 0 Å². The average molecular weight is 421 g/mol. The number of ether oxygens (including phenoxy) is 1. The number of nitro groups is 1. The van der Waals surface area contributed by atoms with Gasteiger partial charge >= 0.3 is 5.97 Å². The van der Waals surface area contributed by atoms with Crippen LogP contribution in [0.3, 0.4) is 0 Å². The number of anilines is 1. The Morgan fingerprint density at radius 2 is 1.76 bits per heavy atom. The highest BCUT2D eigenvalue weighted by Crippen LogP contribution is 2.27. The molecule has 2 rings (SSSR count). The molecular weight excluding hydrogens is 402 g/mol. The number of esters is 1. The van der Waals surface area contributed by atoms with Gasteiger partial charge in [-0.1, -0.05) is 0 Å². The summed E-state index contributed by atoms with van der Waals surface area (Å²) in [6, 6.07) is 7.77. The number of benzene rings is 2. The number of nitro benzene ring substituents is 1. The summed E-state index contributed by atoms with van der Waals surface area (Å²) in [6.07, 6.45) is 0. The molecule has 0 unspecified atom stereocenters. The first kappa shape index (κ1) is 21.8. The van der Waals surface area contributed by atoms with Crippen LogP contribution in [0.5, 0.6) is 0 Å². The van der Waals surface area contributed by atoms with E-state index in [1.54, 1.807) is 13.8 Å². The lowest BCUT2D eigenvalue weighted by Gasteiger charge is -2.12. The van der Waals surface area contributed by atoms with Gasteiger partial charge in [0.15, 0.2) is 0 Å². The number of aryl methyl sites for hydroxylation is 1. The molecule has 0 aliphatic heterocycles. The molecule has 0 bridgehead atoms. The zero-order chi connectivity index (χ0) is 21.8. The molecule has 154 valence electrons. The molecule has 0 aliphatic carbocycles. The predicted molar refractivity (Wildman–Crippen MR) is 104 cm³/mol. The smallest absolute Gasteiger partial charge is 0.325 e. The molecule has 29 heavy (non-hydrogen) atoms. The lowest BCUT2D eigenvalue weighted by molar-refractivity contribution is -0.385. The number of carbonyl (C=O) groups is 2. The zero-order valence-electron chi connectivity index (χ0n) is 15.9. The van der Waals surface area contributed by atoms with E-state index in [0.717, 1.165) is 6.07 Å². The van der Waals surface area contributed by atoms with Crippen LogP contribution in [0.1, 0.15) is 21.5 Å². The number of amides is 1. The Morgan fingerprint density at radius 1 is 1.14 bits per heavy atom. The van der Waals surface area contributed by atoms with Gasteiger partial charge in [0.25, 0.3) is 21.6 Å². The Kier molecular flexibility index (Phi) is 6.54. The second-order valence-electron chi connectivity index (χ2n) is 6.08. The van der Waals surface area contributed by atoms with Gasteiger partial charge in [-0.3, -0.25) is 24.4 Å². The molecule has 0 radical (unpaired) electrons. The molecule has 2 aromatic carbocycles. The molecule has 0 aromatic heterocycles. The van der Waals surface area contributed by atoms with E-state index in [4.69, 9.17) is 0 Å². The number of nitrogens with zero attached hydrogens (tertiary/aromatic N) is 1. The van der Waals surface area contributed by atoms with Crippen molar-refractivity contribution in [2.45, 2.75) is 18.7 Å². The lowest BCUT2D eigenvalue weighted by Crippen LogP contribution is -2.30. The number of nitrogens with one attached hydrogen (secondary N) is 2. The maximum Gasteiger partial charge on any atom is 0.325 e. The minimum Gasteiger partial charge on any atom is -0.468 e. The van der Waals surface area contributed by atoms with E-state index < -0.39 is 26.8 Å². The van der Waals surface area contributed by atoms with Crippen molar-refractivity contribution in [1.82, 2.24) is 5.32 Å². The maximum atomic E-state index is 12.7. The first-order valence-electron chi connectivity index (χ1n) is 8.28. The predicted octanol–water partition coefficient (Wildman–Crippen LogP) is 1.92. The van der Waals surface area contributed by atoms with Crippen LogP contribution in [0.25, 0.3) is 0 Å². The number of non-ortho nitro benzene ring substituents is 1. The van der Waals surface area contributed by atoms with Crippen LogP contribution in [0, 0.1) is 24.0 Å². The third-order valence-corrected chi connectivity index (χ3v) is 5.63. The number of hydrogen-bond acceptors (Lipinski definition) is 7. The van der Waals surface area contributed by atoms with Crippen molar-refractivity contribution in [3.63, 3.8) is 0 Å². The molecule has 0 atom stereocenters. The molecule has 0 saturated carbocycles. The molecule has 0 heterocycles. The summed E-state index contributed by atoms with van der Waals surface area (Å²) in [5, 5.41) is 13.4. The third kappa shape index (κ3) is 5.29. The number of hydrogen-bond donors (Lipinski definition) is 2. The van der Waals surface area contributed by atoms with Crippen LogP contribution in [0.4, 0.5) is 11.4 Å². The van der Waals surface area contributed by atoms with Crippen LogP contribution in [-0.4, -0.2) is 38.9 Å². The van der Waals surface area contributed by atoms with Gasteiger partial charge in [-0.25, -0.2) is 8.42 Å². The van der Waals surface area contributed by atoms with Crippen molar-refractivity contribution in [3.05, 3.63) is 63.2 Å². The van der Waals surface area contributed by atoms with Crippen LogP contribution < -0.4 is 10.0 Å². The van der Waals surface area contributed by atoms with Crippen LogP contribution in [0.2, 0.25) is 0 Å². The van der Waals surface area contributed by atoms with Crippen molar-refractivity contribution < 1.29 is 27.7 Å². The molecule has 0 saturated heterocycles. The van der Waals surface area contributed by atoms with Gasteiger partial charge in [0.2, 0.25) is 0 Å². The van der Waals surface area contributed by atoms with E-state index in [1.165, 1.54) is 37.4 Å². The summed E-state index contributed by atoms with van der Waals surface area (Å²) >= 11 is 0. The molecule has 10 nitrogen and oxygen atoms in total. The Hall–Kier alpha value is -3.47. The minimum atomic E-state index is -4.10. The fourth-order valence-corrected chi connectivity index (χ4v) is 3.82. The fraction of sp³-hybridized carbons (Fsp3) is 0.222. The maximum absolute atomic E-state index is 12.7. The summed E-state index contributed by atoms with van der Waals surface area (Å²) in [7, 11) is -2.90. The highest BCUT2D eigenvalue weighted by atomic mass is 32.2. The SMILES string of the molecule is COC(=O)CNC(=O)c1ccc(NS(=O)(=O)c2cc([N+](=O)[O-])cc(C)c2C)cc1. The lowest BCUT2D eigenvalue weighted by atomic mass is 10.1. The first-order valence-corrected chi connectivity index (χ1v) is 9.77. The summed E-state index contributed by atoms with van der Waals surface area (Å²) in [6.45, 7) is 2.85. The molecule has 0 spiro atoms. The average Bonchev–Trinajstić information content (AvgIpc) is 2.67. The molecule has 1 amide bonds. The standard InChI is InChI=1S/C18H19N3O7S/c1-11-8-15(21(24)25)9-16(12(11)2)29(26,27)20-14-6-4-13(5-7-14)18(23)19-10-17(22)28-3/h4-9,20H,10H2,1-3H3,(H,19,23). The first-order chi connectivity index (χ1) is 13.5. The van der Waals surface area contributed by atoms with Crippen LogP contribution in [0.15, 0.2) is 41.3 Å². The number of carbonyl (C=O) groups excluding carboxylic acids is 2. The Balaban J connectivity index is 2.22. The Labute approximate surface area is 167 Å². The molecule has 0 fully saturated rings. The highest BCUT2D eigenvalue weighted by Gasteiger charge is 2.22. The van der Waals surface area contributed by atoms with Gasteiger partial charge in [-0.15, -0.1) is 0 Å². The monoisotopic (exact) mass is 421 g/mol. The van der Waals surface area contributed by atoms with Crippen molar-refractivity contribution in [1.29, 1.82) is 0 Å². The second kappa shape index (κ2) is 8.69. The van der Waals surface area contributed by atoms with E-state index in [9.17, 15) is 28.1 Å². The minimum absolute atomic E-state index is 0.165. The van der Waals surface area contributed by atoms with Gasteiger partial charge in [0.05, 0.1) is 16.9 Å². The molecule has 11 heteroatoms. The topological polar surface area (TPSA) is 145 Å². The Bertz CT molecular complexity index is 1060. The quantitative estimate of drug-likeness (QED) is 0.395. The van der Waals surface area contributed by atoms with Crippen molar-refractivity contribution in [2.24, 2.45) is 0 Å². The van der Waals surface area contributed by atoms with Gasteiger partial charge in [-0.2, -0.15) is 0 Å². The van der Waals surface area contributed by atoms with Gasteiger partial charge in [0.1, 0.15) is 6.54 Å². The number of sulfonamides is 1. The van der Waals surface area contributed by atoms with E-state index in [2.05, 4.69) is 14.8 Å². The van der Waals surface area contributed by atoms with Gasteiger partial charge in [0, 0.05) is 23.4 Å². The highest BCUT2D eigenvalue weighted by molar-refractivity contribution is 7.92. The van der Waals surface area contributed by atoms with E-state index in [-0.39, 0.29) is 28.4 Å². The summed E-state index contributed by atoms with van der Waals surface area (Å²) < 4.78 is 32.2. The van der Waals surface area contributed by atoms with Crippen molar-refractivity contribution in [2.75, 3.05) is 18.4 Å². The number of rotatable bonds is 7. The normalized spacial score (nSPS) is 10.9. The van der Waals surface area contributed by atoms with Gasteiger partial charge < -0.3 is 10.1 Å². The second-order valence-corrected chi connectivity index (χ2v) is 7.74.